The van der Waals surface area contributed by atoms with Gasteiger partial charge in [-0.25, -0.2) is 0 Å². The van der Waals surface area contributed by atoms with Gasteiger partial charge in [-0.15, -0.1) is 0 Å². The molecular weight excluding hydrogens is 242 g/mol. The van der Waals surface area contributed by atoms with Gasteiger partial charge in [-0.3, -0.25) is 0 Å². The molecule has 1 N–H and O–H groups in total. The Morgan fingerprint density at radius 1 is 1.00 bits per heavy atom. The van der Waals surface area contributed by atoms with Crippen molar-refractivity contribution in [3.63, 3.8) is 0 Å². The first-order valence-electron chi connectivity index (χ1n) is 8.01. The Hall–Kier alpha value is -1.04. The van der Waals surface area contributed by atoms with Crippen molar-refractivity contribution in [1.82, 2.24) is 5.32 Å². The molecule has 1 nitrogen and oxygen atoms in total. The first-order valence-corrected chi connectivity index (χ1v) is 8.01. The molecule has 0 radical (unpaired) electrons. The van der Waals surface area contributed by atoms with Crippen LogP contribution in [-0.4, -0.2) is 5.54 Å². The van der Waals surface area contributed by atoms with E-state index in [2.05, 4.69) is 35.5 Å². The SMILES string of the molecule is [C+]#CC(NC12CC3CC(CC(C3)C1)C2)c1ccccc1. The van der Waals surface area contributed by atoms with Crippen molar-refractivity contribution in [2.24, 2.45) is 17.8 Å². The molecule has 1 aromatic rings. The molecule has 4 aliphatic rings. The fraction of sp³-hybridized carbons (Fsp3) is 0.579. The molecular formula is C19H22N+. The Labute approximate surface area is 122 Å². The topological polar surface area (TPSA) is 12.0 Å². The third-order valence-electron chi connectivity index (χ3n) is 5.77. The molecule has 4 fully saturated rings. The first kappa shape index (κ1) is 12.7. The van der Waals surface area contributed by atoms with E-state index in [9.17, 15) is 0 Å². The average molecular weight is 264 g/mol. The maximum atomic E-state index is 7.70. The van der Waals surface area contributed by atoms with E-state index in [-0.39, 0.29) is 6.04 Å². The van der Waals surface area contributed by atoms with E-state index in [1.165, 1.54) is 44.1 Å². The van der Waals surface area contributed by atoms with Crippen molar-refractivity contribution in [3.8, 4) is 5.92 Å². The van der Waals surface area contributed by atoms with Crippen LogP contribution in [-0.2, 0) is 0 Å². The predicted molar refractivity (Wildman–Crippen MR) is 80.4 cm³/mol. The van der Waals surface area contributed by atoms with Gasteiger partial charge in [0.1, 0.15) is 0 Å². The quantitative estimate of drug-likeness (QED) is 0.645. The van der Waals surface area contributed by atoms with Crippen molar-refractivity contribution in [3.05, 3.63) is 42.3 Å². The molecule has 4 bridgehead atoms. The van der Waals surface area contributed by atoms with Gasteiger partial charge in [0.2, 0.25) is 0 Å². The van der Waals surface area contributed by atoms with Crippen molar-refractivity contribution >= 4 is 0 Å². The van der Waals surface area contributed by atoms with Crippen LogP contribution in [0.2, 0.25) is 0 Å². The molecule has 1 atom stereocenters. The Bertz CT molecular complexity index is 489. The predicted octanol–water partition coefficient (Wildman–Crippen LogP) is 3.88. The van der Waals surface area contributed by atoms with Gasteiger partial charge < -0.3 is 0 Å². The van der Waals surface area contributed by atoms with Crippen LogP contribution >= 0.6 is 0 Å². The van der Waals surface area contributed by atoms with Crippen LogP contribution in [0.15, 0.2) is 30.3 Å². The van der Waals surface area contributed by atoms with Crippen LogP contribution in [0.5, 0.6) is 0 Å². The van der Waals surface area contributed by atoms with E-state index in [0.29, 0.717) is 5.54 Å². The van der Waals surface area contributed by atoms with Gasteiger partial charge in [0, 0.05) is 0 Å². The summed E-state index contributed by atoms with van der Waals surface area (Å²) in [6.07, 6.45) is 16.1. The van der Waals surface area contributed by atoms with Gasteiger partial charge >= 0.3 is 121 Å². The van der Waals surface area contributed by atoms with E-state index in [0.717, 1.165) is 17.8 Å². The Morgan fingerprint density at radius 2 is 1.55 bits per heavy atom. The molecule has 1 heteroatoms. The Morgan fingerprint density at radius 3 is 2.05 bits per heavy atom. The number of hydrogen-bond donors (Lipinski definition) is 1. The second-order valence-corrected chi connectivity index (χ2v) is 7.33. The van der Waals surface area contributed by atoms with E-state index >= 15 is 0 Å². The summed E-state index contributed by atoms with van der Waals surface area (Å²) in [5.41, 5.74) is 1.47. The minimum atomic E-state index is -0.0348. The zero-order valence-corrected chi connectivity index (χ0v) is 11.9. The van der Waals surface area contributed by atoms with Crippen molar-refractivity contribution in [2.75, 3.05) is 0 Å². The molecule has 0 aliphatic heterocycles. The van der Waals surface area contributed by atoms with Crippen LogP contribution in [0.3, 0.4) is 0 Å². The van der Waals surface area contributed by atoms with E-state index < -0.39 is 0 Å². The van der Waals surface area contributed by atoms with Gasteiger partial charge in [-0.2, -0.15) is 0 Å². The van der Waals surface area contributed by atoms with Crippen molar-refractivity contribution in [2.45, 2.75) is 50.1 Å². The van der Waals surface area contributed by atoms with Gasteiger partial charge in [-0.1, -0.05) is 0 Å². The van der Waals surface area contributed by atoms with E-state index in [1.54, 1.807) is 0 Å². The fourth-order valence-electron chi connectivity index (χ4n) is 5.44. The van der Waals surface area contributed by atoms with Crippen LogP contribution < -0.4 is 5.32 Å². The summed E-state index contributed by atoms with van der Waals surface area (Å²) in [6.45, 7) is 0. The van der Waals surface area contributed by atoms with E-state index in [1.807, 2.05) is 6.07 Å². The summed E-state index contributed by atoms with van der Waals surface area (Å²) in [6, 6.07) is 10.3. The van der Waals surface area contributed by atoms with Gasteiger partial charge in [0.05, 0.1) is 0 Å². The molecule has 5 rings (SSSR count). The molecule has 0 heterocycles. The second-order valence-electron chi connectivity index (χ2n) is 7.33. The third kappa shape index (κ3) is 2.14. The second kappa shape index (κ2) is 4.76. The first-order chi connectivity index (χ1) is 9.76. The monoisotopic (exact) mass is 264 g/mol. The molecule has 0 saturated heterocycles. The molecule has 20 heavy (non-hydrogen) atoms. The summed E-state index contributed by atoms with van der Waals surface area (Å²) < 4.78 is 0. The van der Waals surface area contributed by atoms with E-state index in [4.69, 9.17) is 6.42 Å². The zero-order valence-electron chi connectivity index (χ0n) is 11.9. The van der Waals surface area contributed by atoms with Crippen LogP contribution in [0.1, 0.15) is 50.1 Å². The number of hydrogen-bond acceptors (Lipinski definition) is 1. The molecule has 102 valence electrons. The molecule has 1 aromatic carbocycles. The third-order valence-corrected chi connectivity index (χ3v) is 5.77. The fourth-order valence-corrected chi connectivity index (χ4v) is 5.44. The van der Waals surface area contributed by atoms with Gasteiger partial charge in [0.25, 0.3) is 0 Å². The number of rotatable bonds is 3. The minimum absolute atomic E-state index is 0.0348. The molecule has 0 amide bonds. The standard InChI is InChI=1S/C19H22N/c1-2-18(17-6-4-3-5-7-17)20-19-11-14-8-15(12-19)10-16(9-14)13-19/h3-7,14-16,18,20H,8-13H2/q+1. The van der Waals surface area contributed by atoms with Crippen LogP contribution in [0.4, 0.5) is 0 Å². The summed E-state index contributed by atoms with van der Waals surface area (Å²) in [4.78, 5) is 0. The van der Waals surface area contributed by atoms with Gasteiger partial charge in [-0.05, 0) is 0 Å². The molecule has 0 aromatic heterocycles. The molecule has 4 aliphatic carbocycles. The van der Waals surface area contributed by atoms with Gasteiger partial charge in [0.15, 0.2) is 0 Å². The molecule has 1 unspecified atom stereocenters. The number of nitrogens with one attached hydrogen (secondary N) is 1. The number of benzene rings is 1. The summed E-state index contributed by atoms with van der Waals surface area (Å²) in [5, 5.41) is 3.83. The van der Waals surface area contributed by atoms with Crippen molar-refractivity contribution < 1.29 is 0 Å². The zero-order chi connectivity index (χ0) is 13.6. The molecule has 0 spiro atoms. The Kier molecular flexibility index (Phi) is 3.02. The molecule has 4 saturated carbocycles. The maximum absolute atomic E-state index is 7.70. The average Bonchev–Trinajstić information content (AvgIpc) is 2.44. The van der Waals surface area contributed by atoms with Crippen molar-refractivity contribution in [1.29, 1.82) is 0 Å². The summed E-state index contributed by atoms with van der Waals surface area (Å²) in [5.74, 6) is 5.55. The normalized spacial score (nSPS) is 39.6. The van der Waals surface area contributed by atoms with Crippen LogP contribution in [0.25, 0.3) is 0 Å². The summed E-state index contributed by atoms with van der Waals surface area (Å²) >= 11 is 0. The Balaban J connectivity index is 1.57. The van der Waals surface area contributed by atoms with Crippen LogP contribution in [0, 0.1) is 30.1 Å². The summed E-state index contributed by atoms with van der Waals surface area (Å²) in [7, 11) is 0.